The van der Waals surface area contributed by atoms with Crippen LogP contribution in [-0.2, 0) is 0 Å². The third kappa shape index (κ3) is 1.70. The van der Waals surface area contributed by atoms with Crippen LogP contribution < -0.4 is 0 Å². The molecule has 74 valence electrons. The van der Waals surface area contributed by atoms with Crippen molar-refractivity contribution in [2.45, 2.75) is 32.8 Å². The fourth-order valence-corrected chi connectivity index (χ4v) is 1.76. The van der Waals surface area contributed by atoms with Gasteiger partial charge in [-0.25, -0.2) is 0 Å². The summed E-state index contributed by atoms with van der Waals surface area (Å²) < 4.78 is 0. The van der Waals surface area contributed by atoms with Gasteiger partial charge in [0.25, 0.3) is 0 Å². The number of rotatable bonds is 1. The molecule has 0 saturated heterocycles. The Morgan fingerprint density at radius 1 is 1.43 bits per heavy atom. The molecule has 0 spiro atoms. The minimum absolute atomic E-state index is 0.258. The molecule has 0 radical (unpaired) electrons. The van der Waals surface area contributed by atoms with Crippen LogP contribution in [0, 0.1) is 13.8 Å². The summed E-state index contributed by atoms with van der Waals surface area (Å²) in [6, 6.07) is 2.15. The number of allylic oxidation sites excluding steroid dienone is 1. The van der Waals surface area contributed by atoms with Crippen LogP contribution in [-0.4, -0.2) is 16.2 Å². The van der Waals surface area contributed by atoms with Crippen LogP contribution >= 0.6 is 0 Å². The van der Waals surface area contributed by atoms with Crippen LogP contribution in [0.2, 0.25) is 0 Å². The highest BCUT2D eigenvalue weighted by Crippen LogP contribution is 2.28. The average molecular weight is 189 g/mol. The third-order valence-corrected chi connectivity index (χ3v) is 2.81. The predicted octanol–water partition coefficient (Wildman–Crippen LogP) is 2.24. The summed E-state index contributed by atoms with van der Waals surface area (Å²) in [5.74, 6) is 0. The monoisotopic (exact) mass is 189 g/mol. The van der Waals surface area contributed by atoms with E-state index in [1.165, 1.54) is 11.1 Å². The summed E-state index contributed by atoms with van der Waals surface area (Å²) in [7, 11) is 0. The first kappa shape index (κ1) is 9.41. The van der Waals surface area contributed by atoms with Crippen LogP contribution in [0.25, 0.3) is 5.57 Å². The van der Waals surface area contributed by atoms with Gasteiger partial charge >= 0.3 is 0 Å². The fraction of sp³-hybridized carbons (Fsp3) is 0.417. The largest absolute Gasteiger partial charge is 0.389 e. The van der Waals surface area contributed by atoms with Crippen LogP contribution in [0.15, 0.2) is 18.3 Å². The number of hydrogen-bond donors (Lipinski definition) is 1. The van der Waals surface area contributed by atoms with Gasteiger partial charge in [0.05, 0.1) is 6.10 Å². The van der Waals surface area contributed by atoms with E-state index in [0.717, 1.165) is 24.1 Å². The number of nitrogens with zero attached hydrogens (tertiary/aromatic N) is 1. The van der Waals surface area contributed by atoms with Gasteiger partial charge in [0.2, 0.25) is 0 Å². The third-order valence-electron chi connectivity index (χ3n) is 2.81. The van der Waals surface area contributed by atoms with Crippen LogP contribution in [0.4, 0.5) is 0 Å². The summed E-state index contributed by atoms with van der Waals surface area (Å²) in [5.41, 5.74) is 4.68. The summed E-state index contributed by atoms with van der Waals surface area (Å²) >= 11 is 0. The standard InChI is InChI=1S/C12H15NO/c1-8-5-11(7-13-9(8)2)10-3-4-12(14)6-10/h5-7,12,14H,3-4H2,1-2H3. The van der Waals surface area contributed by atoms with Gasteiger partial charge in [-0.1, -0.05) is 6.08 Å². The van der Waals surface area contributed by atoms with E-state index in [1.54, 1.807) is 0 Å². The van der Waals surface area contributed by atoms with Crippen molar-refractivity contribution >= 4 is 5.57 Å². The lowest BCUT2D eigenvalue weighted by Gasteiger charge is -2.04. The highest BCUT2D eigenvalue weighted by molar-refractivity contribution is 5.67. The van der Waals surface area contributed by atoms with Crippen molar-refractivity contribution in [1.29, 1.82) is 0 Å². The molecule has 0 amide bonds. The van der Waals surface area contributed by atoms with Gasteiger partial charge in [-0.15, -0.1) is 0 Å². The van der Waals surface area contributed by atoms with Crippen molar-refractivity contribution in [2.24, 2.45) is 0 Å². The van der Waals surface area contributed by atoms with Crippen molar-refractivity contribution in [3.63, 3.8) is 0 Å². The number of hydrogen-bond acceptors (Lipinski definition) is 2. The smallest absolute Gasteiger partial charge is 0.0730 e. The molecule has 0 saturated carbocycles. The number of pyridine rings is 1. The van der Waals surface area contributed by atoms with Gasteiger partial charge in [0.15, 0.2) is 0 Å². The Balaban J connectivity index is 2.34. The molecule has 2 heteroatoms. The lowest BCUT2D eigenvalue weighted by Crippen LogP contribution is -1.93. The zero-order valence-electron chi connectivity index (χ0n) is 8.62. The summed E-state index contributed by atoms with van der Waals surface area (Å²) in [6.07, 6.45) is 5.39. The zero-order chi connectivity index (χ0) is 10.1. The van der Waals surface area contributed by atoms with Gasteiger partial charge in [-0.05, 0) is 49.5 Å². The molecule has 1 atom stereocenters. The topological polar surface area (TPSA) is 33.1 Å². The Bertz CT molecular complexity index is 382. The van der Waals surface area contributed by atoms with Gasteiger partial charge < -0.3 is 5.11 Å². The molecule has 1 aromatic rings. The van der Waals surface area contributed by atoms with E-state index >= 15 is 0 Å². The zero-order valence-corrected chi connectivity index (χ0v) is 8.62. The number of aliphatic hydroxyl groups excluding tert-OH is 1. The number of aryl methyl sites for hydroxylation is 2. The van der Waals surface area contributed by atoms with E-state index in [0.29, 0.717) is 0 Å². The molecule has 1 N–H and O–H groups in total. The number of aromatic nitrogens is 1. The summed E-state index contributed by atoms with van der Waals surface area (Å²) in [6.45, 7) is 4.08. The van der Waals surface area contributed by atoms with E-state index in [2.05, 4.69) is 18.0 Å². The minimum Gasteiger partial charge on any atom is -0.389 e. The van der Waals surface area contributed by atoms with E-state index in [1.807, 2.05) is 19.2 Å². The lowest BCUT2D eigenvalue weighted by molar-refractivity contribution is 0.223. The molecule has 14 heavy (non-hydrogen) atoms. The van der Waals surface area contributed by atoms with Crippen molar-refractivity contribution in [2.75, 3.05) is 0 Å². The molecule has 0 aromatic carbocycles. The molecule has 0 fully saturated rings. The second-order valence-electron chi connectivity index (χ2n) is 3.92. The molecule has 1 aromatic heterocycles. The van der Waals surface area contributed by atoms with Gasteiger partial charge in [-0.3, -0.25) is 4.98 Å². The maximum Gasteiger partial charge on any atom is 0.0730 e. The van der Waals surface area contributed by atoms with Gasteiger partial charge in [0, 0.05) is 11.9 Å². The predicted molar refractivity (Wildman–Crippen MR) is 56.9 cm³/mol. The molecular weight excluding hydrogens is 174 g/mol. The highest BCUT2D eigenvalue weighted by Gasteiger charge is 2.14. The van der Waals surface area contributed by atoms with E-state index in [9.17, 15) is 5.11 Å². The molecule has 1 unspecified atom stereocenters. The van der Waals surface area contributed by atoms with Crippen LogP contribution in [0.1, 0.15) is 29.7 Å². The minimum atomic E-state index is -0.258. The molecule has 1 aliphatic rings. The highest BCUT2D eigenvalue weighted by atomic mass is 16.3. The first-order chi connectivity index (χ1) is 6.66. The molecule has 2 nitrogen and oxygen atoms in total. The van der Waals surface area contributed by atoms with Crippen molar-refractivity contribution < 1.29 is 5.11 Å². The van der Waals surface area contributed by atoms with Crippen LogP contribution in [0.5, 0.6) is 0 Å². The van der Waals surface area contributed by atoms with Crippen molar-refractivity contribution in [1.82, 2.24) is 4.98 Å². The molecule has 1 aliphatic carbocycles. The fourth-order valence-electron chi connectivity index (χ4n) is 1.76. The summed E-state index contributed by atoms with van der Waals surface area (Å²) in [4.78, 5) is 4.33. The molecule has 2 rings (SSSR count). The van der Waals surface area contributed by atoms with Gasteiger partial charge in [-0.2, -0.15) is 0 Å². The Hall–Kier alpha value is -1.15. The van der Waals surface area contributed by atoms with Crippen molar-refractivity contribution in [3.05, 3.63) is 35.2 Å². The average Bonchev–Trinajstić information content (AvgIpc) is 2.57. The molecule has 0 aliphatic heterocycles. The Morgan fingerprint density at radius 2 is 2.21 bits per heavy atom. The van der Waals surface area contributed by atoms with Gasteiger partial charge in [0.1, 0.15) is 0 Å². The first-order valence-corrected chi connectivity index (χ1v) is 4.99. The second-order valence-corrected chi connectivity index (χ2v) is 3.92. The maximum absolute atomic E-state index is 9.39. The quantitative estimate of drug-likeness (QED) is 0.735. The molecule has 1 heterocycles. The first-order valence-electron chi connectivity index (χ1n) is 4.99. The normalized spacial score (nSPS) is 21.1. The Morgan fingerprint density at radius 3 is 2.79 bits per heavy atom. The molecule has 0 bridgehead atoms. The Labute approximate surface area is 84.3 Å². The number of aliphatic hydroxyl groups is 1. The Kier molecular flexibility index (Phi) is 2.38. The van der Waals surface area contributed by atoms with E-state index in [-0.39, 0.29) is 6.10 Å². The maximum atomic E-state index is 9.39. The summed E-state index contributed by atoms with van der Waals surface area (Å²) in [5, 5.41) is 9.39. The van der Waals surface area contributed by atoms with E-state index in [4.69, 9.17) is 0 Å². The van der Waals surface area contributed by atoms with Crippen molar-refractivity contribution in [3.8, 4) is 0 Å². The second kappa shape index (κ2) is 3.54. The molecular formula is C12H15NO. The van der Waals surface area contributed by atoms with E-state index < -0.39 is 0 Å². The lowest BCUT2D eigenvalue weighted by atomic mass is 10.1. The van der Waals surface area contributed by atoms with Crippen LogP contribution in [0.3, 0.4) is 0 Å². The SMILES string of the molecule is Cc1cc(C2=CC(O)CC2)cnc1C.